The van der Waals surface area contributed by atoms with Gasteiger partial charge in [0.25, 0.3) is 5.69 Å². The van der Waals surface area contributed by atoms with E-state index in [4.69, 9.17) is 0 Å². The van der Waals surface area contributed by atoms with Gasteiger partial charge in [0, 0.05) is 36.5 Å². The maximum atomic E-state index is 12.2. The topological polar surface area (TPSA) is 75.5 Å². The van der Waals surface area contributed by atoms with Crippen LogP contribution >= 0.6 is 11.8 Å². The number of nitro groups is 1. The molecule has 1 fully saturated rings. The van der Waals surface area contributed by atoms with Crippen LogP contribution in [0.25, 0.3) is 0 Å². The summed E-state index contributed by atoms with van der Waals surface area (Å²) in [6, 6.07) is 6.83. The van der Waals surface area contributed by atoms with Crippen LogP contribution in [0.15, 0.2) is 24.3 Å². The van der Waals surface area contributed by atoms with Crippen LogP contribution in [0.2, 0.25) is 0 Å². The lowest BCUT2D eigenvalue weighted by molar-refractivity contribution is -0.385. The highest BCUT2D eigenvalue weighted by atomic mass is 32.2. The summed E-state index contributed by atoms with van der Waals surface area (Å²) in [5.41, 5.74) is 0.748. The van der Waals surface area contributed by atoms with Crippen molar-refractivity contribution in [1.29, 1.82) is 0 Å². The fraction of sp³-hybridized carbons (Fsp3) is 0.562. The van der Waals surface area contributed by atoms with Crippen molar-refractivity contribution in [1.82, 2.24) is 10.2 Å². The fourth-order valence-electron chi connectivity index (χ4n) is 2.98. The van der Waals surface area contributed by atoms with Crippen molar-refractivity contribution in [2.75, 3.05) is 19.8 Å². The predicted molar refractivity (Wildman–Crippen MR) is 92.9 cm³/mol. The number of nitrogens with zero attached hydrogens (tertiary/aromatic N) is 2. The van der Waals surface area contributed by atoms with E-state index in [2.05, 4.69) is 11.6 Å². The molecule has 1 aromatic carbocycles. The van der Waals surface area contributed by atoms with Gasteiger partial charge in [-0.2, -0.15) is 11.8 Å². The molecule has 2 rings (SSSR count). The van der Waals surface area contributed by atoms with Crippen LogP contribution in [0, 0.1) is 10.1 Å². The molecule has 0 bridgehead atoms. The summed E-state index contributed by atoms with van der Waals surface area (Å²) in [5.74, 6) is 0. The van der Waals surface area contributed by atoms with Gasteiger partial charge in [-0.3, -0.25) is 10.1 Å². The van der Waals surface area contributed by atoms with Crippen LogP contribution in [0.4, 0.5) is 10.5 Å². The molecule has 1 N–H and O–H groups in total. The summed E-state index contributed by atoms with van der Waals surface area (Å²) >= 11 is 1.86. The zero-order valence-electron chi connectivity index (χ0n) is 13.5. The minimum absolute atomic E-state index is 0.102. The molecule has 6 nitrogen and oxygen atoms in total. The molecule has 1 aliphatic carbocycles. The molecule has 1 aromatic rings. The second-order valence-corrected chi connectivity index (χ2v) is 6.94. The molecule has 1 saturated carbocycles. The van der Waals surface area contributed by atoms with Crippen molar-refractivity contribution in [3.8, 4) is 0 Å². The number of nitrogens with one attached hydrogen (secondary N) is 1. The Bertz CT molecular complexity index is 567. The van der Waals surface area contributed by atoms with E-state index >= 15 is 0 Å². The quantitative estimate of drug-likeness (QED) is 0.639. The second kappa shape index (κ2) is 8.19. The number of amides is 2. The monoisotopic (exact) mass is 337 g/mol. The first-order chi connectivity index (χ1) is 11.0. The van der Waals surface area contributed by atoms with Crippen molar-refractivity contribution in [3.63, 3.8) is 0 Å². The number of carbonyl (C=O) groups is 1. The average molecular weight is 337 g/mol. The molecule has 126 valence electrons. The molecule has 0 heterocycles. The van der Waals surface area contributed by atoms with Crippen molar-refractivity contribution in [2.45, 2.75) is 37.0 Å². The Morgan fingerprint density at radius 1 is 1.43 bits per heavy atom. The zero-order chi connectivity index (χ0) is 16.8. The van der Waals surface area contributed by atoms with Crippen LogP contribution < -0.4 is 5.32 Å². The highest BCUT2D eigenvalue weighted by Crippen LogP contribution is 2.30. The van der Waals surface area contributed by atoms with E-state index in [1.54, 1.807) is 23.1 Å². The van der Waals surface area contributed by atoms with Gasteiger partial charge in [0.15, 0.2) is 0 Å². The molecule has 2 amide bonds. The second-order valence-electron chi connectivity index (χ2n) is 5.80. The van der Waals surface area contributed by atoms with Crippen molar-refractivity contribution >= 4 is 23.5 Å². The van der Waals surface area contributed by atoms with Gasteiger partial charge in [-0.15, -0.1) is 0 Å². The number of hydrogen-bond acceptors (Lipinski definition) is 4. The first kappa shape index (κ1) is 17.6. The minimum atomic E-state index is -0.385. The summed E-state index contributed by atoms with van der Waals surface area (Å²) in [4.78, 5) is 24.6. The Morgan fingerprint density at radius 3 is 2.83 bits per heavy atom. The van der Waals surface area contributed by atoms with Gasteiger partial charge in [0.05, 0.1) is 4.92 Å². The molecule has 0 spiro atoms. The van der Waals surface area contributed by atoms with Gasteiger partial charge >= 0.3 is 6.03 Å². The van der Waals surface area contributed by atoms with Crippen LogP contribution in [0.1, 0.15) is 24.8 Å². The summed E-state index contributed by atoms with van der Waals surface area (Å²) in [5, 5.41) is 14.5. The van der Waals surface area contributed by atoms with Crippen molar-refractivity contribution in [3.05, 3.63) is 39.9 Å². The van der Waals surface area contributed by atoms with E-state index in [0.717, 1.165) is 19.3 Å². The predicted octanol–water partition coefficient (Wildman–Crippen LogP) is 3.06. The largest absolute Gasteiger partial charge is 0.338 e. The lowest BCUT2D eigenvalue weighted by Crippen LogP contribution is -2.43. The molecular formula is C16H23N3O3S. The van der Waals surface area contributed by atoms with Gasteiger partial charge in [-0.25, -0.2) is 4.79 Å². The first-order valence-electron chi connectivity index (χ1n) is 7.78. The maximum absolute atomic E-state index is 12.2. The third-order valence-corrected chi connectivity index (χ3v) is 5.51. The summed E-state index contributed by atoms with van der Waals surface area (Å²) in [6.07, 6.45) is 5.79. The third kappa shape index (κ3) is 4.60. The summed E-state index contributed by atoms with van der Waals surface area (Å²) in [6.45, 7) is 0.396. The minimum Gasteiger partial charge on any atom is -0.338 e. The number of hydrogen-bond donors (Lipinski definition) is 1. The lowest BCUT2D eigenvalue weighted by atomic mass is 10.1. The van der Waals surface area contributed by atoms with Crippen LogP contribution in [0.3, 0.4) is 0 Å². The van der Waals surface area contributed by atoms with Gasteiger partial charge in [-0.1, -0.05) is 18.2 Å². The van der Waals surface area contributed by atoms with Crippen LogP contribution in [-0.2, 0) is 6.42 Å². The van der Waals surface area contributed by atoms with Crippen molar-refractivity contribution < 1.29 is 9.72 Å². The molecule has 23 heavy (non-hydrogen) atoms. The number of urea groups is 1. The van der Waals surface area contributed by atoms with E-state index in [1.165, 1.54) is 6.07 Å². The molecule has 0 saturated heterocycles. The van der Waals surface area contributed by atoms with Gasteiger partial charge in [0.1, 0.15) is 0 Å². The Labute approximate surface area is 140 Å². The molecule has 1 aliphatic rings. The maximum Gasteiger partial charge on any atom is 0.317 e. The Balaban J connectivity index is 1.82. The summed E-state index contributed by atoms with van der Waals surface area (Å²) < 4.78 is 0. The molecule has 2 atom stereocenters. The fourth-order valence-corrected chi connectivity index (χ4v) is 3.76. The third-order valence-electron chi connectivity index (χ3n) is 4.42. The molecule has 7 heteroatoms. The standard InChI is InChI=1S/C16H23N3O3S/c1-18(13-7-8-14(11-13)23-2)16(20)17-10-9-12-5-3-4-6-15(12)19(21)22/h3-6,13-14H,7-11H2,1-2H3,(H,17,20)/t13-,14-/m1/s1. The average Bonchev–Trinajstić information content (AvgIpc) is 3.03. The Morgan fingerprint density at radius 2 is 2.17 bits per heavy atom. The van der Waals surface area contributed by atoms with E-state index in [9.17, 15) is 14.9 Å². The van der Waals surface area contributed by atoms with E-state index in [0.29, 0.717) is 29.8 Å². The molecule has 0 unspecified atom stereocenters. The molecular weight excluding hydrogens is 314 g/mol. The smallest absolute Gasteiger partial charge is 0.317 e. The molecule has 0 radical (unpaired) electrons. The number of nitro benzene ring substituents is 1. The van der Waals surface area contributed by atoms with Crippen LogP contribution in [0.5, 0.6) is 0 Å². The number of rotatable bonds is 6. The summed E-state index contributed by atoms with van der Waals surface area (Å²) in [7, 11) is 1.83. The van der Waals surface area contributed by atoms with E-state index in [-0.39, 0.29) is 16.6 Å². The number of thioether (sulfide) groups is 1. The van der Waals surface area contributed by atoms with E-state index < -0.39 is 0 Å². The normalized spacial score (nSPS) is 20.3. The van der Waals surface area contributed by atoms with Crippen LogP contribution in [-0.4, -0.2) is 47.0 Å². The Kier molecular flexibility index (Phi) is 6.27. The molecule has 0 aliphatic heterocycles. The highest BCUT2D eigenvalue weighted by Gasteiger charge is 2.29. The molecule has 0 aromatic heterocycles. The lowest BCUT2D eigenvalue weighted by Gasteiger charge is -2.25. The highest BCUT2D eigenvalue weighted by molar-refractivity contribution is 7.99. The zero-order valence-corrected chi connectivity index (χ0v) is 14.3. The first-order valence-corrected chi connectivity index (χ1v) is 9.07. The number of carbonyl (C=O) groups excluding carboxylic acids is 1. The van der Waals surface area contributed by atoms with Gasteiger partial charge < -0.3 is 10.2 Å². The van der Waals surface area contributed by atoms with Gasteiger partial charge in [0.2, 0.25) is 0 Å². The SMILES string of the molecule is CS[C@@H]1CC[C@@H](N(C)C(=O)NCCc2ccccc2[N+](=O)[O-])C1. The number of para-hydroxylation sites is 1. The number of benzene rings is 1. The Hall–Kier alpha value is -1.76. The van der Waals surface area contributed by atoms with Crippen molar-refractivity contribution in [2.24, 2.45) is 0 Å². The van der Waals surface area contributed by atoms with Gasteiger partial charge in [-0.05, 0) is 31.9 Å². The van der Waals surface area contributed by atoms with E-state index in [1.807, 2.05) is 18.8 Å².